The van der Waals surface area contributed by atoms with Gasteiger partial charge in [0.05, 0.1) is 18.6 Å². The van der Waals surface area contributed by atoms with Gasteiger partial charge in [-0.05, 0) is 43.4 Å². The quantitative estimate of drug-likeness (QED) is 0.678. The van der Waals surface area contributed by atoms with Crippen LogP contribution in [0, 0.1) is 16.7 Å². The van der Waals surface area contributed by atoms with Gasteiger partial charge in [0.25, 0.3) is 0 Å². The number of carbonyl (C=O) groups excluding carboxylic acids is 1. The van der Waals surface area contributed by atoms with E-state index in [-0.39, 0.29) is 12.8 Å². The molecular formula is C16H17NO4. The van der Waals surface area contributed by atoms with Crippen molar-refractivity contribution in [3.05, 3.63) is 29.8 Å². The third-order valence-electron chi connectivity index (χ3n) is 4.48. The summed E-state index contributed by atoms with van der Waals surface area (Å²) in [6.45, 7) is 0. The molecule has 0 unspecified atom stereocenters. The van der Waals surface area contributed by atoms with Crippen LogP contribution in [0.5, 0.6) is 5.75 Å². The van der Waals surface area contributed by atoms with Crippen molar-refractivity contribution in [3.8, 4) is 11.8 Å². The highest BCUT2D eigenvalue weighted by Gasteiger charge is 2.48. The zero-order valence-electron chi connectivity index (χ0n) is 11.8. The maximum atomic E-state index is 11.3. The van der Waals surface area contributed by atoms with Crippen LogP contribution >= 0.6 is 0 Å². The first kappa shape index (κ1) is 15.0. The lowest BCUT2D eigenvalue weighted by molar-refractivity contribution is -0.153. The molecule has 0 amide bonds. The molecule has 1 fully saturated rings. The molecule has 110 valence electrons. The van der Waals surface area contributed by atoms with Crippen LogP contribution in [0.3, 0.4) is 0 Å². The van der Waals surface area contributed by atoms with Gasteiger partial charge in [-0.3, -0.25) is 4.79 Å². The van der Waals surface area contributed by atoms with Crippen LogP contribution in [-0.2, 0) is 15.0 Å². The van der Waals surface area contributed by atoms with Crippen molar-refractivity contribution in [2.24, 2.45) is 5.41 Å². The highest BCUT2D eigenvalue weighted by Crippen LogP contribution is 2.46. The average Bonchev–Trinajstić information content (AvgIpc) is 2.54. The Hall–Kier alpha value is -2.35. The van der Waals surface area contributed by atoms with Gasteiger partial charge in [-0.2, -0.15) is 5.26 Å². The number of hydrogen-bond acceptors (Lipinski definition) is 4. The summed E-state index contributed by atoms with van der Waals surface area (Å²) in [5, 5.41) is 18.9. The van der Waals surface area contributed by atoms with E-state index in [4.69, 9.17) is 4.74 Å². The van der Waals surface area contributed by atoms with E-state index in [0.717, 1.165) is 5.56 Å². The summed E-state index contributed by atoms with van der Waals surface area (Å²) < 4.78 is 5.18. The molecule has 0 radical (unpaired) electrons. The zero-order chi connectivity index (χ0) is 15.5. The van der Waals surface area contributed by atoms with Crippen molar-refractivity contribution in [3.63, 3.8) is 0 Å². The lowest BCUT2D eigenvalue weighted by Gasteiger charge is -2.38. The zero-order valence-corrected chi connectivity index (χ0v) is 11.8. The number of aldehydes is 1. The van der Waals surface area contributed by atoms with E-state index in [1.165, 1.54) is 0 Å². The molecule has 1 aliphatic rings. The van der Waals surface area contributed by atoms with Crippen molar-refractivity contribution < 1.29 is 19.4 Å². The lowest BCUT2D eigenvalue weighted by atomic mass is 9.62. The standard InChI is InChI=1S/C16H17NO4/c1-21-13-4-2-3-12(9-13)15(10-17)5-7-16(11-18,8-6-15)14(19)20/h2-4,9,11H,5-8H2,1H3,(H,19,20). The van der Waals surface area contributed by atoms with Crippen molar-refractivity contribution in [1.82, 2.24) is 0 Å². The van der Waals surface area contributed by atoms with E-state index in [1.807, 2.05) is 12.1 Å². The van der Waals surface area contributed by atoms with Crippen LogP contribution in [0.15, 0.2) is 24.3 Å². The fourth-order valence-corrected chi connectivity index (χ4v) is 2.89. The number of carboxylic acids is 1. The minimum atomic E-state index is -1.35. The molecule has 0 saturated heterocycles. The molecule has 1 aromatic rings. The second-order valence-electron chi connectivity index (χ2n) is 5.51. The molecule has 1 aromatic carbocycles. The topological polar surface area (TPSA) is 87.4 Å². The minimum Gasteiger partial charge on any atom is -0.497 e. The molecule has 0 aliphatic heterocycles. The number of hydrogen-bond donors (Lipinski definition) is 1. The Morgan fingerprint density at radius 2 is 2.05 bits per heavy atom. The van der Waals surface area contributed by atoms with Gasteiger partial charge in [-0.25, -0.2) is 0 Å². The molecule has 2 rings (SSSR count). The molecule has 1 N–H and O–H groups in total. The number of benzene rings is 1. The second kappa shape index (κ2) is 5.57. The number of nitrogens with zero attached hydrogens (tertiary/aromatic N) is 1. The summed E-state index contributed by atoms with van der Waals surface area (Å²) in [6, 6.07) is 9.58. The van der Waals surface area contributed by atoms with E-state index in [1.54, 1.807) is 19.2 Å². The Morgan fingerprint density at radius 1 is 1.38 bits per heavy atom. The van der Waals surface area contributed by atoms with Crippen molar-refractivity contribution in [2.45, 2.75) is 31.1 Å². The van der Waals surface area contributed by atoms with Crippen LogP contribution in [0.2, 0.25) is 0 Å². The smallest absolute Gasteiger partial charge is 0.316 e. The molecule has 0 spiro atoms. The van der Waals surface area contributed by atoms with E-state index in [9.17, 15) is 20.0 Å². The molecule has 0 aromatic heterocycles. The first-order valence-corrected chi connectivity index (χ1v) is 6.77. The number of aliphatic carboxylic acids is 1. The van der Waals surface area contributed by atoms with Gasteiger partial charge in [0.15, 0.2) is 0 Å². The van der Waals surface area contributed by atoms with E-state index in [2.05, 4.69) is 6.07 Å². The first-order chi connectivity index (χ1) is 10.0. The van der Waals surface area contributed by atoms with Gasteiger partial charge < -0.3 is 14.6 Å². The Bertz CT molecular complexity index is 595. The first-order valence-electron chi connectivity index (χ1n) is 6.77. The molecule has 0 atom stereocenters. The fraction of sp³-hybridized carbons (Fsp3) is 0.438. The summed E-state index contributed by atoms with van der Waals surface area (Å²) in [6.07, 6.45) is 1.57. The molecule has 21 heavy (non-hydrogen) atoms. The minimum absolute atomic E-state index is 0.177. The molecule has 0 heterocycles. The summed E-state index contributed by atoms with van der Waals surface area (Å²) >= 11 is 0. The second-order valence-corrected chi connectivity index (χ2v) is 5.51. The molecule has 5 heteroatoms. The largest absolute Gasteiger partial charge is 0.497 e. The van der Waals surface area contributed by atoms with Crippen molar-refractivity contribution in [1.29, 1.82) is 5.26 Å². The summed E-state index contributed by atoms with van der Waals surface area (Å²) in [7, 11) is 1.56. The molecular weight excluding hydrogens is 270 g/mol. The van der Waals surface area contributed by atoms with Crippen LogP contribution in [0.4, 0.5) is 0 Å². The number of carbonyl (C=O) groups is 2. The number of ether oxygens (including phenoxy) is 1. The van der Waals surface area contributed by atoms with Crippen LogP contribution < -0.4 is 4.74 Å². The van der Waals surface area contributed by atoms with Crippen LogP contribution in [0.1, 0.15) is 31.2 Å². The number of carboxylic acid groups (broad SMARTS) is 1. The average molecular weight is 287 g/mol. The van der Waals surface area contributed by atoms with E-state index < -0.39 is 16.8 Å². The molecule has 1 aliphatic carbocycles. The van der Waals surface area contributed by atoms with Gasteiger partial charge >= 0.3 is 5.97 Å². The lowest BCUT2D eigenvalue weighted by Crippen LogP contribution is -2.42. The van der Waals surface area contributed by atoms with Gasteiger partial charge in [-0.1, -0.05) is 12.1 Å². The van der Waals surface area contributed by atoms with Gasteiger partial charge in [0, 0.05) is 0 Å². The van der Waals surface area contributed by atoms with Gasteiger partial charge in [0.2, 0.25) is 0 Å². The van der Waals surface area contributed by atoms with Crippen molar-refractivity contribution >= 4 is 12.3 Å². The predicted octanol–water partition coefficient (Wildman–Crippen LogP) is 2.30. The monoisotopic (exact) mass is 287 g/mol. The van der Waals surface area contributed by atoms with Gasteiger partial charge in [0.1, 0.15) is 17.5 Å². The maximum absolute atomic E-state index is 11.3. The Kier molecular flexibility index (Phi) is 3.99. The third-order valence-corrected chi connectivity index (χ3v) is 4.48. The summed E-state index contributed by atoms with van der Waals surface area (Å²) in [4.78, 5) is 22.5. The van der Waals surface area contributed by atoms with Crippen molar-refractivity contribution in [2.75, 3.05) is 7.11 Å². The normalized spacial score (nSPS) is 28.4. The van der Waals surface area contributed by atoms with Crippen LogP contribution in [0.25, 0.3) is 0 Å². The Labute approximate surface area is 123 Å². The fourth-order valence-electron chi connectivity index (χ4n) is 2.89. The number of methoxy groups -OCH3 is 1. The Morgan fingerprint density at radius 3 is 2.52 bits per heavy atom. The maximum Gasteiger partial charge on any atom is 0.316 e. The summed E-state index contributed by atoms with van der Waals surface area (Å²) in [5.74, 6) is -0.442. The predicted molar refractivity (Wildman–Crippen MR) is 74.9 cm³/mol. The number of nitriles is 1. The third kappa shape index (κ3) is 2.49. The highest BCUT2D eigenvalue weighted by atomic mass is 16.5. The van der Waals surface area contributed by atoms with E-state index >= 15 is 0 Å². The Balaban J connectivity index is 2.32. The van der Waals surface area contributed by atoms with Gasteiger partial charge in [-0.15, -0.1) is 0 Å². The van der Waals surface area contributed by atoms with E-state index in [0.29, 0.717) is 24.9 Å². The highest BCUT2D eigenvalue weighted by molar-refractivity contribution is 5.92. The molecule has 0 bridgehead atoms. The molecule has 1 saturated carbocycles. The number of rotatable bonds is 4. The van der Waals surface area contributed by atoms with Crippen LogP contribution in [-0.4, -0.2) is 24.5 Å². The SMILES string of the molecule is COc1cccc(C2(C#N)CCC(C=O)(C(=O)O)CC2)c1. The summed E-state index contributed by atoms with van der Waals surface area (Å²) in [5.41, 5.74) is -1.29. The molecule has 5 nitrogen and oxygen atoms in total.